The van der Waals surface area contributed by atoms with Crippen LogP contribution in [0.4, 0.5) is 0 Å². The van der Waals surface area contributed by atoms with Gasteiger partial charge in [0.05, 0.1) is 12.2 Å². The van der Waals surface area contributed by atoms with Crippen LogP contribution >= 0.6 is 23.2 Å². The molecule has 4 nitrogen and oxygen atoms in total. The van der Waals surface area contributed by atoms with Crippen molar-refractivity contribution in [3.05, 3.63) is 21.9 Å². The average Bonchev–Trinajstić information content (AvgIpc) is 2.51. The fourth-order valence-corrected chi connectivity index (χ4v) is 2.67. The average molecular weight is 263 g/mol. The van der Waals surface area contributed by atoms with Gasteiger partial charge in [0.25, 0.3) is 0 Å². The van der Waals surface area contributed by atoms with Gasteiger partial charge in [0.15, 0.2) is 10.3 Å². The number of hydrogen-bond acceptors (Lipinski definition) is 4. The molecule has 0 radical (unpaired) electrons. The molecule has 1 heterocycles. The van der Waals surface area contributed by atoms with E-state index in [-0.39, 0.29) is 10.3 Å². The number of aliphatic hydroxyl groups excluding tert-OH is 2. The van der Waals surface area contributed by atoms with E-state index in [2.05, 4.69) is 10.2 Å². The molecule has 0 aliphatic heterocycles. The molecule has 1 saturated carbocycles. The Bertz CT molecular complexity index is 404. The maximum atomic E-state index is 9.98. The van der Waals surface area contributed by atoms with Gasteiger partial charge in [0.2, 0.25) is 0 Å². The van der Waals surface area contributed by atoms with Crippen molar-refractivity contribution >= 4 is 23.2 Å². The van der Waals surface area contributed by atoms with Gasteiger partial charge in [-0.15, -0.1) is 10.2 Å². The van der Waals surface area contributed by atoms with Crippen LogP contribution in [0.25, 0.3) is 0 Å². The number of aromatic nitrogens is 2. The van der Waals surface area contributed by atoms with Gasteiger partial charge in [-0.25, -0.2) is 0 Å². The van der Waals surface area contributed by atoms with Crippen LogP contribution in [0.3, 0.4) is 0 Å². The highest BCUT2D eigenvalue weighted by molar-refractivity contribution is 6.31. The fourth-order valence-electron chi connectivity index (χ4n) is 2.23. The predicted octanol–water partition coefficient (Wildman–Crippen LogP) is 1.56. The molecule has 88 valence electrons. The van der Waals surface area contributed by atoms with Crippen molar-refractivity contribution in [3.63, 3.8) is 0 Å². The highest BCUT2D eigenvalue weighted by Crippen LogP contribution is 2.43. The molecule has 6 heteroatoms. The summed E-state index contributed by atoms with van der Waals surface area (Å²) in [6.07, 6.45) is -0.234. The predicted molar refractivity (Wildman–Crippen MR) is 60.7 cm³/mol. The Hall–Kier alpha value is -0.420. The molecule has 0 spiro atoms. The van der Waals surface area contributed by atoms with Gasteiger partial charge < -0.3 is 10.2 Å². The van der Waals surface area contributed by atoms with E-state index in [0.29, 0.717) is 18.4 Å². The molecule has 1 aliphatic rings. The van der Waals surface area contributed by atoms with Crippen molar-refractivity contribution in [2.24, 2.45) is 0 Å². The zero-order valence-electron chi connectivity index (χ0n) is 8.69. The lowest BCUT2D eigenvalue weighted by atomic mass is 9.78. The molecule has 1 fully saturated rings. The lowest BCUT2D eigenvalue weighted by Crippen LogP contribution is -2.40. The number of aliphatic hydroxyl groups is 2. The van der Waals surface area contributed by atoms with E-state index in [4.69, 9.17) is 23.2 Å². The van der Waals surface area contributed by atoms with E-state index in [9.17, 15) is 10.2 Å². The van der Waals surface area contributed by atoms with Crippen molar-refractivity contribution in [2.45, 2.75) is 37.4 Å². The minimum atomic E-state index is -0.823. The lowest BCUT2D eigenvalue weighted by Gasteiger charge is -2.32. The van der Waals surface area contributed by atoms with E-state index >= 15 is 0 Å². The fraction of sp³-hybridized carbons (Fsp3) is 0.600. The number of rotatable bonds is 1. The Balaban J connectivity index is 2.53. The van der Waals surface area contributed by atoms with E-state index < -0.39 is 17.6 Å². The van der Waals surface area contributed by atoms with Crippen LogP contribution in [0.2, 0.25) is 10.3 Å². The van der Waals surface area contributed by atoms with E-state index in [0.717, 1.165) is 0 Å². The van der Waals surface area contributed by atoms with E-state index in [1.54, 1.807) is 13.0 Å². The summed E-state index contributed by atoms with van der Waals surface area (Å²) < 4.78 is 0. The second-order valence-electron chi connectivity index (χ2n) is 4.26. The Morgan fingerprint density at radius 3 is 2.38 bits per heavy atom. The van der Waals surface area contributed by atoms with Crippen molar-refractivity contribution < 1.29 is 10.2 Å². The van der Waals surface area contributed by atoms with Crippen molar-refractivity contribution in [2.75, 3.05) is 0 Å². The van der Waals surface area contributed by atoms with Gasteiger partial charge in [0.1, 0.15) is 0 Å². The summed E-state index contributed by atoms with van der Waals surface area (Å²) in [4.78, 5) is 0. The van der Waals surface area contributed by atoms with Crippen molar-refractivity contribution in [1.29, 1.82) is 0 Å². The first-order valence-electron chi connectivity index (χ1n) is 5.01. The second-order valence-corrected chi connectivity index (χ2v) is 5.01. The third-order valence-corrected chi connectivity index (χ3v) is 3.86. The van der Waals surface area contributed by atoms with Crippen LogP contribution in [0.15, 0.2) is 6.07 Å². The zero-order chi connectivity index (χ0) is 11.9. The topological polar surface area (TPSA) is 66.2 Å². The van der Waals surface area contributed by atoms with Gasteiger partial charge in [-0.1, -0.05) is 30.1 Å². The summed E-state index contributed by atoms with van der Waals surface area (Å²) in [7, 11) is 0. The van der Waals surface area contributed by atoms with E-state index in [1.165, 1.54) is 0 Å². The molecule has 0 aromatic carbocycles. The third-order valence-electron chi connectivity index (χ3n) is 3.40. The van der Waals surface area contributed by atoms with Crippen LogP contribution < -0.4 is 0 Å². The van der Waals surface area contributed by atoms with Gasteiger partial charge in [-0.3, -0.25) is 0 Å². The Morgan fingerprint density at radius 1 is 1.25 bits per heavy atom. The SMILES string of the molecule is CC1(c2cc(Cl)nnc2Cl)C(O)CCC1O. The summed E-state index contributed by atoms with van der Waals surface area (Å²) >= 11 is 11.7. The first kappa shape index (κ1) is 12.0. The molecule has 2 atom stereocenters. The zero-order valence-corrected chi connectivity index (χ0v) is 10.2. The Morgan fingerprint density at radius 2 is 1.81 bits per heavy atom. The van der Waals surface area contributed by atoms with E-state index in [1.807, 2.05) is 0 Å². The molecular formula is C10H12Cl2N2O2. The summed E-state index contributed by atoms with van der Waals surface area (Å²) in [5.74, 6) is 0. The number of nitrogens with zero attached hydrogens (tertiary/aromatic N) is 2. The Kier molecular flexibility index (Phi) is 3.09. The highest BCUT2D eigenvalue weighted by atomic mass is 35.5. The van der Waals surface area contributed by atoms with Crippen LogP contribution in [-0.2, 0) is 5.41 Å². The minimum Gasteiger partial charge on any atom is -0.392 e. The quantitative estimate of drug-likeness (QED) is 0.806. The molecule has 2 unspecified atom stereocenters. The Labute approximate surface area is 103 Å². The summed E-state index contributed by atoms with van der Waals surface area (Å²) in [6.45, 7) is 1.76. The van der Waals surface area contributed by atoms with Gasteiger partial charge in [-0.05, 0) is 18.9 Å². The summed E-state index contributed by atoms with van der Waals surface area (Å²) in [5.41, 5.74) is -0.275. The number of hydrogen-bond donors (Lipinski definition) is 2. The molecule has 0 amide bonds. The maximum Gasteiger partial charge on any atom is 0.155 e. The first-order chi connectivity index (χ1) is 7.46. The standard InChI is InChI=1S/C10H12Cl2N2O2/c1-10(6(15)2-3-7(10)16)5-4-8(11)13-14-9(5)12/h4,6-7,15-16H,2-3H2,1H3. The van der Waals surface area contributed by atoms with Crippen LogP contribution in [0.1, 0.15) is 25.3 Å². The molecular weight excluding hydrogens is 251 g/mol. The third kappa shape index (κ3) is 1.70. The van der Waals surface area contributed by atoms with Crippen LogP contribution in [0.5, 0.6) is 0 Å². The molecule has 1 aliphatic carbocycles. The molecule has 0 saturated heterocycles. The first-order valence-corrected chi connectivity index (χ1v) is 5.77. The van der Waals surface area contributed by atoms with Gasteiger partial charge >= 0.3 is 0 Å². The maximum absolute atomic E-state index is 9.98. The van der Waals surface area contributed by atoms with Crippen molar-refractivity contribution in [1.82, 2.24) is 10.2 Å². The minimum absolute atomic E-state index is 0.173. The van der Waals surface area contributed by atoms with Crippen LogP contribution in [0, 0.1) is 0 Å². The summed E-state index contributed by atoms with van der Waals surface area (Å²) in [6, 6.07) is 1.55. The molecule has 2 N–H and O–H groups in total. The monoisotopic (exact) mass is 262 g/mol. The molecule has 1 aromatic rings. The van der Waals surface area contributed by atoms with Crippen molar-refractivity contribution in [3.8, 4) is 0 Å². The molecule has 0 bridgehead atoms. The highest BCUT2D eigenvalue weighted by Gasteiger charge is 2.48. The van der Waals surface area contributed by atoms with Crippen LogP contribution in [-0.4, -0.2) is 32.6 Å². The molecule has 2 rings (SSSR count). The van der Waals surface area contributed by atoms with Gasteiger partial charge in [0, 0.05) is 11.0 Å². The normalized spacial score (nSPS) is 34.3. The smallest absolute Gasteiger partial charge is 0.155 e. The largest absolute Gasteiger partial charge is 0.392 e. The molecule has 16 heavy (non-hydrogen) atoms. The number of halogens is 2. The van der Waals surface area contributed by atoms with Gasteiger partial charge in [-0.2, -0.15) is 0 Å². The molecule has 1 aromatic heterocycles. The lowest BCUT2D eigenvalue weighted by molar-refractivity contribution is 0.0454. The second kappa shape index (κ2) is 4.11. The summed E-state index contributed by atoms with van der Waals surface area (Å²) in [5, 5.41) is 27.6.